The molecular weight excluding hydrogens is 360 g/mol. The van der Waals surface area contributed by atoms with Gasteiger partial charge in [-0.1, -0.05) is 6.07 Å². The maximum absolute atomic E-state index is 11.3. The van der Waals surface area contributed by atoms with Crippen LogP contribution in [0.25, 0.3) is 11.0 Å². The molecule has 0 aliphatic carbocycles. The van der Waals surface area contributed by atoms with Gasteiger partial charge in [0, 0.05) is 19.5 Å². The normalized spacial score (nSPS) is 10.9. The number of fused-ring (bicyclic) bond motifs is 1. The molecular formula is C17H15BrN2O3. The molecule has 3 aromatic rings. The molecule has 0 unspecified atom stereocenters. The molecule has 1 heterocycles. The summed E-state index contributed by atoms with van der Waals surface area (Å²) in [6.07, 6.45) is 1.96. The summed E-state index contributed by atoms with van der Waals surface area (Å²) in [5.41, 5.74) is 2.73. The van der Waals surface area contributed by atoms with Crippen molar-refractivity contribution in [1.29, 1.82) is 0 Å². The molecule has 3 rings (SSSR count). The fourth-order valence-electron chi connectivity index (χ4n) is 2.33. The quantitative estimate of drug-likeness (QED) is 0.744. The molecule has 0 saturated heterocycles. The third kappa shape index (κ3) is 3.43. The summed E-state index contributed by atoms with van der Waals surface area (Å²) in [6, 6.07) is 11.2. The van der Waals surface area contributed by atoms with Gasteiger partial charge >= 0.3 is 0 Å². The Morgan fingerprint density at radius 1 is 1.30 bits per heavy atom. The first-order valence-electron chi connectivity index (χ1n) is 7.07. The average molecular weight is 375 g/mol. The number of halogens is 1. The summed E-state index contributed by atoms with van der Waals surface area (Å²) in [5, 5.41) is 8.81. The largest absolute Gasteiger partial charge is 0.456 e. The Bertz CT molecular complexity index is 873. The Kier molecular flexibility index (Phi) is 4.45. The third-order valence-corrected chi connectivity index (χ3v) is 4.12. The van der Waals surface area contributed by atoms with E-state index in [1.54, 1.807) is 12.4 Å². The van der Waals surface area contributed by atoms with Crippen LogP contribution in [0.3, 0.4) is 0 Å². The van der Waals surface area contributed by atoms with Crippen molar-refractivity contribution in [2.45, 2.75) is 6.42 Å². The van der Waals surface area contributed by atoms with E-state index in [-0.39, 0.29) is 12.2 Å². The van der Waals surface area contributed by atoms with Crippen LogP contribution in [0.1, 0.15) is 5.56 Å². The van der Waals surface area contributed by atoms with E-state index in [1.165, 1.54) is 0 Å². The van der Waals surface area contributed by atoms with Gasteiger partial charge in [0.25, 0.3) is 0 Å². The molecule has 0 saturated carbocycles. The number of ether oxygens (including phenoxy) is 1. The minimum atomic E-state index is -0.444. The molecule has 0 aliphatic rings. The van der Waals surface area contributed by atoms with Gasteiger partial charge in [0.1, 0.15) is 18.1 Å². The van der Waals surface area contributed by atoms with Crippen LogP contribution in [0, 0.1) is 0 Å². The highest BCUT2D eigenvalue weighted by molar-refractivity contribution is 9.10. The van der Waals surface area contributed by atoms with Gasteiger partial charge in [-0.2, -0.15) is 0 Å². The van der Waals surface area contributed by atoms with Gasteiger partial charge in [-0.15, -0.1) is 0 Å². The molecule has 0 atom stereocenters. The second-order valence-corrected chi connectivity index (χ2v) is 6.10. The number of carbonyl (C=O) groups excluding carboxylic acids is 1. The van der Waals surface area contributed by atoms with Crippen LogP contribution in [0.15, 0.2) is 47.2 Å². The predicted octanol–water partition coefficient (Wildman–Crippen LogP) is 3.23. The lowest BCUT2D eigenvalue weighted by atomic mass is 10.1. The number of aryl methyl sites for hydroxylation is 1. The van der Waals surface area contributed by atoms with Gasteiger partial charge < -0.3 is 14.4 Å². The smallest absolute Gasteiger partial charge is 0.162 e. The second-order valence-electron chi connectivity index (χ2n) is 5.25. The zero-order valence-electron chi connectivity index (χ0n) is 12.5. The average Bonchev–Trinajstić information content (AvgIpc) is 2.91. The zero-order valence-corrected chi connectivity index (χ0v) is 14.1. The van der Waals surface area contributed by atoms with Crippen molar-refractivity contribution in [3.8, 4) is 11.5 Å². The molecule has 0 spiro atoms. The summed E-state index contributed by atoms with van der Waals surface area (Å²) < 4.78 is 8.58. The highest BCUT2D eigenvalue weighted by Crippen LogP contribution is 2.31. The Balaban J connectivity index is 1.82. The number of hydrogen-bond donors (Lipinski definition) is 1. The predicted molar refractivity (Wildman–Crippen MR) is 90.7 cm³/mol. The van der Waals surface area contributed by atoms with Crippen LogP contribution >= 0.6 is 15.9 Å². The van der Waals surface area contributed by atoms with E-state index >= 15 is 0 Å². The molecule has 0 fully saturated rings. The van der Waals surface area contributed by atoms with E-state index in [4.69, 9.17) is 9.84 Å². The fraction of sp³-hybridized carbons (Fsp3) is 0.176. The molecule has 0 radical (unpaired) electrons. The van der Waals surface area contributed by atoms with Crippen molar-refractivity contribution in [3.05, 3.63) is 52.8 Å². The van der Waals surface area contributed by atoms with Crippen molar-refractivity contribution >= 4 is 32.7 Å². The van der Waals surface area contributed by atoms with Gasteiger partial charge in [-0.25, -0.2) is 4.98 Å². The van der Waals surface area contributed by atoms with E-state index in [1.807, 2.05) is 41.9 Å². The molecule has 5 nitrogen and oxygen atoms in total. The number of aliphatic hydroxyl groups is 1. The lowest BCUT2D eigenvalue weighted by Crippen LogP contribution is -2.07. The number of imidazole rings is 1. The summed E-state index contributed by atoms with van der Waals surface area (Å²) in [4.78, 5) is 15.6. The number of rotatable bonds is 5. The van der Waals surface area contributed by atoms with Crippen LogP contribution in [0.4, 0.5) is 0 Å². The summed E-state index contributed by atoms with van der Waals surface area (Å²) in [6.45, 7) is -0.444. The van der Waals surface area contributed by atoms with Gasteiger partial charge in [-0.05, 0) is 45.8 Å². The number of hydrogen-bond acceptors (Lipinski definition) is 4. The first kappa shape index (κ1) is 15.7. The molecule has 23 heavy (non-hydrogen) atoms. The Morgan fingerprint density at radius 3 is 2.87 bits per heavy atom. The molecule has 0 bridgehead atoms. The van der Waals surface area contributed by atoms with Gasteiger partial charge in [0.15, 0.2) is 5.78 Å². The van der Waals surface area contributed by atoms with Gasteiger partial charge in [0.2, 0.25) is 0 Å². The van der Waals surface area contributed by atoms with E-state index in [0.717, 1.165) is 21.1 Å². The molecule has 1 N–H and O–H groups in total. The summed E-state index contributed by atoms with van der Waals surface area (Å²) in [5.74, 6) is 1.13. The second kappa shape index (κ2) is 6.52. The number of ketones is 1. The van der Waals surface area contributed by atoms with Crippen molar-refractivity contribution in [1.82, 2.24) is 9.55 Å². The van der Waals surface area contributed by atoms with Crippen molar-refractivity contribution in [2.24, 2.45) is 7.05 Å². The Morgan fingerprint density at radius 2 is 2.13 bits per heavy atom. The molecule has 2 aromatic carbocycles. The number of Topliss-reactive ketones (excluding diaryl/α,β-unsaturated/α-hetero) is 1. The molecule has 0 aliphatic heterocycles. The minimum absolute atomic E-state index is 0.204. The molecule has 6 heteroatoms. The number of benzene rings is 2. The van der Waals surface area contributed by atoms with Crippen molar-refractivity contribution < 1.29 is 14.6 Å². The lowest BCUT2D eigenvalue weighted by Gasteiger charge is -2.09. The Labute approximate surface area is 141 Å². The summed E-state index contributed by atoms with van der Waals surface area (Å²) >= 11 is 3.45. The summed E-state index contributed by atoms with van der Waals surface area (Å²) in [7, 11) is 1.94. The van der Waals surface area contributed by atoms with Crippen LogP contribution in [-0.4, -0.2) is 27.0 Å². The van der Waals surface area contributed by atoms with E-state index in [9.17, 15) is 4.79 Å². The fourth-order valence-corrected chi connectivity index (χ4v) is 2.83. The van der Waals surface area contributed by atoms with Gasteiger partial charge in [-0.3, -0.25) is 4.79 Å². The lowest BCUT2D eigenvalue weighted by molar-refractivity contribution is -0.121. The van der Waals surface area contributed by atoms with E-state index < -0.39 is 6.61 Å². The monoisotopic (exact) mass is 374 g/mol. The molecule has 0 amide bonds. The number of aromatic nitrogens is 2. The van der Waals surface area contributed by atoms with Crippen LogP contribution < -0.4 is 4.74 Å². The highest BCUT2D eigenvalue weighted by atomic mass is 79.9. The minimum Gasteiger partial charge on any atom is -0.456 e. The maximum Gasteiger partial charge on any atom is 0.162 e. The SMILES string of the molecule is Cn1cnc2cc(Oc3ccc(CC(=O)CO)cc3Br)ccc21. The number of nitrogens with zero attached hydrogens (tertiary/aromatic N) is 2. The van der Waals surface area contributed by atoms with Crippen LogP contribution in [0.5, 0.6) is 11.5 Å². The maximum atomic E-state index is 11.3. The topological polar surface area (TPSA) is 64.4 Å². The number of carbonyl (C=O) groups is 1. The van der Waals surface area contributed by atoms with Gasteiger partial charge in [0.05, 0.1) is 21.8 Å². The highest BCUT2D eigenvalue weighted by Gasteiger charge is 2.08. The van der Waals surface area contributed by atoms with Crippen LogP contribution in [0.2, 0.25) is 0 Å². The first-order chi connectivity index (χ1) is 11.1. The molecule has 118 valence electrons. The standard InChI is InChI=1S/C17H15BrN2O3/c1-20-10-19-15-8-13(3-4-16(15)20)23-17-5-2-11(7-14(17)18)6-12(22)9-21/h2-5,7-8,10,21H,6,9H2,1H3. The van der Waals surface area contributed by atoms with E-state index in [0.29, 0.717) is 11.5 Å². The van der Waals surface area contributed by atoms with E-state index in [2.05, 4.69) is 20.9 Å². The van der Waals surface area contributed by atoms with Crippen LogP contribution in [-0.2, 0) is 18.3 Å². The first-order valence-corrected chi connectivity index (χ1v) is 7.86. The third-order valence-electron chi connectivity index (χ3n) is 3.50. The van der Waals surface area contributed by atoms with Crippen molar-refractivity contribution in [2.75, 3.05) is 6.61 Å². The van der Waals surface area contributed by atoms with Crippen molar-refractivity contribution in [3.63, 3.8) is 0 Å². The zero-order chi connectivity index (χ0) is 16.4. The molecule has 1 aromatic heterocycles. The number of aliphatic hydroxyl groups excluding tert-OH is 1. The Hall–Kier alpha value is -2.18.